The Bertz CT molecular complexity index is 753. The molecule has 150 valence electrons. The quantitative estimate of drug-likeness (QED) is 0.664. The van der Waals surface area contributed by atoms with Gasteiger partial charge in [0.25, 0.3) is 5.91 Å². The first-order valence-electron chi connectivity index (χ1n) is 9.99. The van der Waals surface area contributed by atoms with Crippen molar-refractivity contribution in [2.75, 3.05) is 13.1 Å². The van der Waals surface area contributed by atoms with Crippen molar-refractivity contribution in [2.24, 2.45) is 0 Å². The summed E-state index contributed by atoms with van der Waals surface area (Å²) in [4.78, 5) is 26.7. The van der Waals surface area contributed by atoms with Crippen molar-refractivity contribution in [3.05, 3.63) is 59.8 Å². The Morgan fingerprint density at radius 2 is 1.89 bits per heavy atom. The van der Waals surface area contributed by atoms with Gasteiger partial charge in [-0.2, -0.15) is 0 Å². The summed E-state index contributed by atoms with van der Waals surface area (Å²) in [5, 5.41) is 2.77. The molecule has 1 N–H and O–H groups in total. The van der Waals surface area contributed by atoms with Gasteiger partial charge in [-0.05, 0) is 55.5 Å². The van der Waals surface area contributed by atoms with E-state index < -0.39 is 0 Å². The maximum absolute atomic E-state index is 13.1. The van der Waals surface area contributed by atoms with Crippen LogP contribution in [0.1, 0.15) is 54.6 Å². The highest BCUT2D eigenvalue weighted by atomic mass is 19.1. The number of nitrogens with one attached hydrogen (secondary N) is 1. The monoisotopic (exact) mass is 386 g/mol. The van der Waals surface area contributed by atoms with Crippen LogP contribution in [0, 0.1) is 5.82 Å². The molecule has 2 aromatic rings. The molecule has 28 heavy (non-hydrogen) atoms. The topological polar surface area (TPSA) is 62.6 Å². The third-order valence-electron chi connectivity index (χ3n) is 5.24. The number of halogens is 1. The van der Waals surface area contributed by atoms with Gasteiger partial charge in [0.1, 0.15) is 5.82 Å². The van der Waals surface area contributed by atoms with E-state index in [2.05, 4.69) is 5.32 Å². The average Bonchev–Trinajstić information content (AvgIpc) is 3.41. The molecule has 1 saturated carbocycles. The molecule has 0 saturated heterocycles. The molecule has 0 spiro atoms. The van der Waals surface area contributed by atoms with Crippen molar-refractivity contribution in [1.29, 1.82) is 0 Å². The SMILES string of the molecule is O=C(NCCCC(=O)N(CCc1ccc(F)cc1)C1CCCC1)c1ccco1. The van der Waals surface area contributed by atoms with Gasteiger partial charge in [0.2, 0.25) is 5.91 Å². The second-order valence-electron chi connectivity index (χ2n) is 7.24. The molecule has 1 fully saturated rings. The van der Waals surface area contributed by atoms with Crippen LogP contribution in [0.3, 0.4) is 0 Å². The van der Waals surface area contributed by atoms with E-state index in [1.807, 2.05) is 4.90 Å². The summed E-state index contributed by atoms with van der Waals surface area (Å²) in [5.74, 6) is -0.107. The lowest BCUT2D eigenvalue weighted by atomic mass is 10.1. The van der Waals surface area contributed by atoms with Gasteiger partial charge in [-0.15, -0.1) is 0 Å². The molecular formula is C22H27FN2O3. The zero-order valence-corrected chi connectivity index (χ0v) is 16.0. The molecule has 1 aromatic carbocycles. The van der Waals surface area contributed by atoms with Crippen LogP contribution in [0.25, 0.3) is 0 Å². The highest BCUT2D eigenvalue weighted by Crippen LogP contribution is 2.24. The fourth-order valence-corrected chi connectivity index (χ4v) is 3.71. The van der Waals surface area contributed by atoms with Gasteiger partial charge in [-0.25, -0.2) is 4.39 Å². The minimum absolute atomic E-state index is 0.126. The summed E-state index contributed by atoms with van der Waals surface area (Å²) in [6.07, 6.45) is 7.57. The smallest absolute Gasteiger partial charge is 0.286 e. The minimum Gasteiger partial charge on any atom is -0.459 e. The standard InChI is InChI=1S/C22H27FN2O3/c23-18-11-9-17(10-12-18)13-15-25(19-5-1-2-6-19)21(26)8-3-14-24-22(27)20-7-4-16-28-20/h4,7,9-12,16,19H,1-3,5-6,8,13-15H2,(H,24,27). The molecule has 6 heteroatoms. The fourth-order valence-electron chi connectivity index (χ4n) is 3.71. The molecule has 5 nitrogen and oxygen atoms in total. The highest BCUT2D eigenvalue weighted by Gasteiger charge is 2.26. The van der Waals surface area contributed by atoms with Gasteiger partial charge in [-0.3, -0.25) is 9.59 Å². The molecule has 1 heterocycles. The van der Waals surface area contributed by atoms with Crippen LogP contribution in [0.15, 0.2) is 47.1 Å². The molecule has 1 aliphatic carbocycles. The number of amides is 2. The lowest BCUT2D eigenvalue weighted by molar-refractivity contribution is -0.133. The van der Waals surface area contributed by atoms with Crippen molar-refractivity contribution in [1.82, 2.24) is 10.2 Å². The molecule has 0 unspecified atom stereocenters. The van der Waals surface area contributed by atoms with Gasteiger partial charge >= 0.3 is 0 Å². The molecule has 1 aliphatic rings. The molecule has 3 rings (SSSR count). The van der Waals surface area contributed by atoms with Crippen LogP contribution in [0.5, 0.6) is 0 Å². The summed E-state index contributed by atoms with van der Waals surface area (Å²) < 4.78 is 18.1. The summed E-state index contributed by atoms with van der Waals surface area (Å²) >= 11 is 0. The first-order chi connectivity index (χ1) is 13.6. The lowest BCUT2D eigenvalue weighted by Gasteiger charge is -2.29. The van der Waals surface area contributed by atoms with Crippen molar-refractivity contribution in [2.45, 2.75) is 51.0 Å². The zero-order valence-electron chi connectivity index (χ0n) is 16.0. The molecule has 0 bridgehead atoms. The average molecular weight is 386 g/mol. The van der Waals surface area contributed by atoms with Gasteiger partial charge in [0.05, 0.1) is 6.26 Å². The van der Waals surface area contributed by atoms with Crippen LogP contribution in [-0.2, 0) is 11.2 Å². The van der Waals surface area contributed by atoms with Crippen LogP contribution in [0.4, 0.5) is 4.39 Å². The van der Waals surface area contributed by atoms with Gasteiger partial charge < -0.3 is 14.6 Å². The number of rotatable bonds is 9. The van der Waals surface area contributed by atoms with Gasteiger partial charge in [0, 0.05) is 25.6 Å². The Hall–Kier alpha value is -2.63. The zero-order chi connectivity index (χ0) is 19.8. The predicted molar refractivity (Wildman–Crippen MR) is 104 cm³/mol. The molecule has 0 atom stereocenters. The number of carbonyl (C=O) groups is 2. The third-order valence-corrected chi connectivity index (χ3v) is 5.24. The van der Waals surface area contributed by atoms with Crippen LogP contribution < -0.4 is 5.32 Å². The van der Waals surface area contributed by atoms with E-state index in [4.69, 9.17) is 4.42 Å². The highest BCUT2D eigenvalue weighted by molar-refractivity contribution is 5.91. The van der Waals surface area contributed by atoms with E-state index in [1.165, 1.54) is 18.4 Å². The van der Waals surface area contributed by atoms with E-state index in [0.29, 0.717) is 32.0 Å². The summed E-state index contributed by atoms with van der Waals surface area (Å²) in [5.41, 5.74) is 1.03. The number of carbonyl (C=O) groups excluding carboxylic acids is 2. The molecule has 0 aliphatic heterocycles. The number of furan rings is 1. The first-order valence-corrected chi connectivity index (χ1v) is 9.99. The van der Waals surface area contributed by atoms with Crippen LogP contribution >= 0.6 is 0 Å². The second-order valence-corrected chi connectivity index (χ2v) is 7.24. The van der Waals surface area contributed by atoms with Crippen molar-refractivity contribution >= 4 is 11.8 Å². The van der Waals surface area contributed by atoms with Crippen molar-refractivity contribution in [3.8, 4) is 0 Å². The largest absolute Gasteiger partial charge is 0.459 e. The Balaban J connectivity index is 1.47. The minimum atomic E-state index is -0.263. The number of hydrogen-bond acceptors (Lipinski definition) is 3. The summed E-state index contributed by atoms with van der Waals surface area (Å²) in [6.45, 7) is 1.08. The normalized spacial score (nSPS) is 14.2. The molecular weight excluding hydrogens is 359 g/mol. The lowest BCUT2D eigenvalue weighted by Crippen LogP contribution is -2.40. The number of nitrogens with zero attached hydrogens (tertiary/aromatic N) is 1. The maximum Gasteiger partial charge on any atom is 0.286 e. The Labute approximate surface area is 164 Å². The van der Waals surface area contributed by atoms with Gasteiger partial charge in [-0.1, -0.05) is 25.0 Å². The fraction of sp³-hybridized carbons (Fsp3) is 0.455. The van der Waals surface area contributed by atoms with Crippen LogP contribution in [-0.4, -0.2) is 35.8 Å². The van der Waals surface area contributed by atoms with Crippen molar-refractivity contribution in [3.63, 3.8) is 0 Å². The van der Waals surface area contributed by atoms with Gasteiger partial charge in [0.15, 0.2) is 5.76 Å². The van der Waals surface area contributed by atoms with Crippen LogP contribution in [0.2, 0.25) is 0 Å². The van der Waals surface area contributed by atoms with E-state index in [0.717, 1.165) is 37.7 Å². The number of benzene rings is 1. The third kappa shape index (κ3) is 5.68. The molecule has 2 amide bonds. The number of hydrogen-bond donors (Lipinski definition) is 1. The Morgan fingerprint density at radius 3 is 2.57 bits per heavy atom. The van der Waals surface area contributed by atoms with Crippen molar-refractivity contribution < 1.29 is 18.4 Å². The second kappa shape index (κ2) is 10.1. The Kier molecular flexibility index (Phi) is 7.23. The van der Waals surface area contributed by atoms with E-state index in [-0.39, 0.29) is 23.4 Å². The first kappa shape index (κ1) is 20.1. The van der Waals surface area contributed by atoms with E-state index in [9.17, 15) is 14.0 Å². The molecule has 0 radical (unpaired) electrons. The predicted octanol–water partition coefficient (Wildman–Crippen LogP) is 3.94. The summed E-state index contributed by atoms with van der Waals surface area (Å²) in [7, 11) is 0. The maximum atomic E-state index is 13.1. The Morgan fingerprint density at radius 1 is 1.14 bits per heavy atom. The summed E-state index contributed by atoms with van der Waals surface area (Å²) in [6, 6.07) is 10.0. The molecule has 1 aromatic heterocycles. The van der Waals surface area contributed by atoms with E-state index in [1.54, 1.807) is 24.3 Å². The van der Waals surface area contributed by atoms with E-state index >= 15 is 0 Å².